The zero-order valence-electron chi connectivity index (χ0n) is 23.5. The molecular formula is C31H38ClN3O4S. The first-order valence-electron chi connectivity index (χ1n) is 13.5. The second kappa shape index (κ2) is 14.3. The molecule has 1 N–H and O–H groups in total. The predicted molar refractivity (Wildman–Crippen MR) is 161 cm³/mol. The summed E-state index contributed by atoms with van der Waals surface area (Å²) in [4.78, 5) is 28.5. The molecule has 1 atom stereocenters. The molecule has 0 aliphatic rings. The summed E-state index contributed by atoms with van der Waals surface area (Å²) < 4.78 is 28.8. The number of carbonyl (C=O) groups is 2. The molecule has 7 nitrogen and oxygen atoms in total. The summed E-state index contributed by atoms with van der Waals surface area (Å²) in [5.74, 6) is -0.553. The van der Waals surface area contributed by atoms with Crippen molar-refractivity contribution >= 4 is 39.1 Å². The maximum atomic E-state index is 14.0. The fraction of sp³-hybridized carbons (Fsp3) is 0.355. The van der Waals surface area contributed by atoms with E-state index in [0.717, 1.165) is 28.3 Å². The van der Waals surface area contributed by atoms with Crippen molar-refractivity contribution in [3.63, 3.8) is 0 Å². The predicted octanol–water partition coefficient (Wildman–Crippen LogP) is 5.99. The smallest absolute Gasteiger partial charge is 0.264 e. The molecule has 0 saturated heterocycles. The summed E-state index contributed by atoms with van der Waals surface area (Å²) in [5.41, 5.74) is 2.14. The number of anilines is 1. The van der Waals surface area contributed by atoms with E-state index in [-0.39, 0.29) is 23.3 Å². The van der Waals surface area contributed by atoms with E-state index in [0.29, 0.717) is 17.3 Å². The van der Waals surface area contributed by atoms with Crippen LogP contribution in [0.1, 0.15) is 57.6 Å². The molecule has 3 aromatic rings. The highest BCUT2D eigenvalue weighted by molar-refractivity contribution is 7.92. The summed E-state index contributed by atoms with van der Waals surface area (Å²) in [6.45, 7) is 7.89. The molecule has 0 saturated carbocycles. The molecule has 2 amide bonds. The third-order valence-electron chi connectivity index (χ3n) is 6.70. The normalized spacial score (nSPS) is 12.2. The Morgan fingerprint density at radius 2 is 1.60 bits per heavy atom. The van der Waals surface area contributed by atoms with Gasteiger partial charge in [-0.2, -0.15) is 0 Å². The van der Waals surface area contributed by atoms with Gasteiger partial charge in [-0.25, -0.2) is 8.42 Å². The Morgan fingerprint density at radius 1 is 0.925 bits per heavy atom. The molecule has 0 fully saturated rings. The lowest BCUT2D eigenvalue weighted by Gasteiger charge is -2.32. The van der Waals surface area contributed by atoms with E-state index in [2.05, 4.69) is 19.2 Å². The Kier molecular flexibility index (Phi) is 11.2. The third-order valence-corrected chi connectivity index (χ3v) is 8.72. The summed E-state index contributed by atoms with van der Waals surface area (Å²) in [6, 6.07) is 21.4. The van der Waals surface area contributed by atoms with Gasteiger partial charge in [-0.05, 0) is 66.8 Å². The van der Waals surface area contributed by atoms with Crippen LogP contribution in [-0.4, -0.2) is 44.3 Å². The van der Waals surface area contributed by atoms with Crippen LogP contribution in [0.15, 0.2) is 83.8 Å². The number of rotatable bonds is 13. The molecule has 214 valence electrons. The highest BCUT2D eigenvalue weighted by Crippen LogP contribution is 2.26. The Bertz CT molecular complexity index is 1380. The first-order chi connectivity index (χ1) is 19.0. The first-order valence-corrected chi connectivity index (χ1v) is 15.4. The van der Waals surface area contributed by atoms with Crippen LogP contribution in [0.25, 0.3) is 0 Å². The number of unbranched alkanes of at least 4 members (excludes halogenated alkanes) is 1. The van der Waals surface area contributed by atoms with Gasteiger partial charge in [-0.15, -0.1) is 0 Å². The molecule has 0 aliphatic heterocycles. The highest BCUT2D eigenvalue weighted by atomic mass is 35.5. The van der Waals surface area contributed by atoms with E-state index < -0.39 is 28.5 Å². The second-order valence-electron chi connectivity index (χ2n) is 10.0. The molecule has 9 heteroatoms. The van der Waals surface area contributed by atoms with Crippen LogP contribution in [0.3, 0.4) is 0 Å². The Labute approximate surface area is 243 Å². The molecule has 0 aromatic heterocycles. The number of benzene rings is 3. The topological polar surface area (TPSA) is 86.8 Å². The van der Waals surface area contributed by atoms with Crippen LogP contribution in [0.5, 0.6) is 0 Å². The highest BCUT2D eigenvalue weighted by Gasteiger charge is 2.32. The van der Waals surface area contributed by atoms with Crippen LogP contribution >= 0.6 is 11.6 Å². The van der Waals surface area contributed by atoms with Crippen LogP contribution in [0, 0.1) is 0 Å². The quantitative estimate of drug-likeness (QED) is 0.250. The number of amides is 2. The Morgan fingerprint density at radius 3 is 2.20 bits per heavy atom. The van der Waals surface area contributed by atoms with Crippen molar-refractivity contribution in [1.82, 2.24) is 10.2 Å². The van der Waals surface area contributed by atoms with Gasteiger partial charge in [0.25, 0.3) is 10.0 Å². The van der Waals surface area contributed by atoms with Crippen molar-refractivity contribution in [2.24, 2.45) is 0 Å². The van der Waals surface area contributed by atoms with E-state index in [1.54, 1.807) is 55.5 Å². The largest absolute Gasteiger partial charge is 0.354 e. The maximum Gasteiger partial charge on any atom is 0.264 e. The number of carbonyl (C=O) groups excluding carboxylic acids is 2. The van der Waals surface area contributed by atoms with Gasteiger partial charge < -0.3 is 10.2 Å². The molecule has 3 aromatic carbocycles. The molecule has 0 spiro atoms. The summed E-state index contributed by atoms with van der Waals surface area (Å²) in [5, 5.41) is 3.39. The Hall–Kier alpha value is -3.36. The van der Waals surface area contributed by atoms with Gasteiger partial charge in [0, 0.05) is 18.1 Å². The molecule has 0 unspecified atom stereocenters. The molecule has 3 rings (SSSR count). The first kappa shape index (κ1) is 31.2. The van der Waals surface area contributed by atoms with E-state index in [4.69, 9.17) is 11.6 Å². The number of nitrogens with one attached hydrogen (secondary N) is 1. The van der Waals surface area contributed by atoms with Gasteiger partial charge in [0.1, 0.15) is 12.6 Å². The minimum atomic E-state index is -4.09. The van der Waals surface area contributed by atoms with Gasteiger partial charge in [0.2, 0.25) is 11.8 Å². The lowest BCUT2D eigenvalue weighted by molar-refractivity contribution is -0.139. The second-order valence-corrected chi connectivity index (χ2v) is 12.3. The minimum absolute atomic E-state index is 0.0717. The number of sulfonamides is 1. The SMILES string of the molecule is CCCCNC(=O)[C@@H](C)N(Cc1cccc(Cl)c1)C(=O)CN(c1ccc(C(C)C)cc1)S(=O)(=O)c1ccccc1. The summed E-state index contributed by atoms with van der Waals surface area (Å²) >= 11 is 6.19. The lowest BCUT2D eigenvalue weighted by Crippen LogP contribution is -2.51. The minimum Gasteiger partial charge on any atom is -0.354 e. The monoisotopic (exact) mass is 583 g/mol. The van der Waals surface area contributed by atoms with Crippen LogP contribution in [-0.2, 0) is 26.2 Å². The van der Waals surface area contributed by atoms with Crippen LogP contribution in [0.4, 0.5) is 5.69 Å². The molecule has 0 radical (unpaired) electrons. The zero-order valence-corrected chi connectivity index (χ0v) is 25.1. The van der Waals surface area contributed by atoms with E-state index >= 15 is 0 Å². The fourth-order valence-electron chi connectivity index (χ4n) is 4.22. The van der Waals surface area contributed by atoms with Crippen molar-refractivity contribution in [2.75, 3.05) is 17.4 Å². The molecule has 0 aliphatic carbocycles. The standard InChI is InChI=1S/C31H38ClN3O4S/c1-5-6-19-33-31(37)24(4)34(21-25-11-10-12-27(32)20-25)30(36)22-35(28-17-15-26(16-18-28)23(2)3)40(38,39)29-13-8-7-9-14-29/h7-18,20,23-24H,5-6,19,21-22H2,1-4H3,(H,33,37)/t24-/m1/s1. The third kappa shape index (κ3) is 8.08. The number of hydrogen-bond acceptors (Lipinski definition) is 4. The molecule has 0 heterocycles. The van der Waals surface area contributed by atoms with Crippen LogP contribution < -0.4 is 9.62 Å². The molecular weight excluding hydrogens is 546 g/mol. The van der Waals surface area contributed by atoms with Gasteiger partial charge >= 0.3 is 0 Å². The van der Waals surface area contributed by atoms with Crippen molar-refractivity contribution in [1.29, 1.82) is 0 Å². The lowest BCUT2D eigenvalue weighted by atomic mass is 10.0. The van der Waals surface area contributed by atoms with Crippen molar-refractivity contribution in [3.05, 3.63) is 95.0 Å². The van der Waals surface area contributed by atoms with Crippen molar-refractivity contribution in [2.45, 2.75) is 63.9 Å². The molecule has 40 heavy (non-hydrogen) atoms. The number of nitrogens with zero attached hydrogens (tertiary/aromatic N) is 2. The molecule has 0 bridgehead atoms. The number of hydrogen-bond donors (Lipinski definition) is 1. The van der Waals surface area contributed by atoms with Crippen molar-refractivity contribution in [3.8, 4) is 0 Å². The van der Waals surface area contributed by atoms with E-state index in [9.17, 15) is 18.0 Å². The van der Waals surface area contributed by atoms with Gasteiger partial charge in [0.15, 0.2) is 0 Å². The van der Waals surface area contributed by atoms with E-state index in [1.807, 2.05) is 25.1 Å². The van der Waals surface area contributed by atoms with Gasteiger partial charge in [-0.1, -0.05) is 81.3 Å². The van der Waals surface area contributed by atoms with Gasteiger partial charge in [0.05, 0.1) is 10.6 Å². The summed E-state index contributed by atoms with van der Waals surface area (Å²) in [7, 11) is -4.09. The maximum absolute atomic E-state index is 14.0. The average Bonchev–Trinajstić information content (AvgIpc) is 2.94. The van der Waals surface area contributed by atoms with E-state index in [1.165, 1.54) is 17.0 Å². The summed E-state index contributed by atoms with van der Waals surface area (Å²) in [6.07, 6.45) is 1.73. The van der Waals surface area contributed by atoms with Crippen LogP contribution in [0.2, 0.25) is 5.02 Å². The van der Waals surface area contributed by atoms with Gasteiger partial charge in [-0.3, -0.25) is 13.9 Å². The number of halogens is 1. The average molecular weight is 584 g/mol. The zero-order chi connectivity index (χ0) is 29.3. The Balaban J connectivity index is 2.00. The van der Waals surface area contributed by atoms with Crippen molar-refractivity contribution < 1.29 is 18.0 Å². The fourth-order valence-corrected chi connectivity index (χ4v) is 5.87.